The summed E-state index contributed by atoms with van der Waals surface area (Å²) in [6.45, 7) is 10.1. The number of carbonyl (C=O) groups excluding carboxylic acids is 3. The summed E-state index contributed by atoms with van der Waals surface area (Å²) >= 11 is 0. The van der Waals surface area contributed by atoms with Gasteiger partial charge in [-0.1, -0.05) is 65.0 Å². The molecule has 0 spiro atoms. The van der Waals surface area contributed by atoms with Crippen LogP contribution in [-0.2, 0) is 30.3 Å². The van der Waals surface area contributed by atoms with Crippen molar-refractivity contribution in [2.75, 3.05) is 6.54 Å². The van der Waals surface area contributed by atoms with Gasteiger partial charge in [0.15, 0.2) is 0 Å². The zero-order valence-electron chi connectivity index (χ0n) is 23.2. The Labute approximate surface area is 221 Å². The Balaban J connectivity index is 1.76. The van der Waals surface area contributed by atoms with Crippen LogP contribution in [0.3, 0.4) is 0 Å². The predicted molar refractivity (Wildman–Crippen MR) is 142 cm³/mol. The molecule has 1 unspecified atom stereocenters. The Morgan fingerprint density at radius 2 is 1.81 bits per heavy atom. The smallest absolute Gasteiger partial charge is 0.329 e. The lowest BCUT2D eigenvalue weighted by Gasteiger charge is -2.42. The van der Waals surface area contributed by atoms with E-state index in [-0.39, 0.29) is 30.6 Å². The van der Waals surface area contributed by atoms with Crippen LogP contribution in [0.25, 0.3) is 0 Å². The number of hydrogen-bond acceptors (Lipinski definition) is 6. The van der Waals surface area contributed by atoms with Gasteiger partial charge in [0.05, 0.1) is 6.10 Å². The van der Waals surface area contributed by atoms with Crippen molar-refractivity contribution in [2.24, 2.45) is 17.8 Å². The molecular formula is C30H45NO6. The normalized spacial score (nSPS) is 28.0. The molecular weight excluding hydrogens is 470 g/mol. The maximum absolute atomic E-state index is 13.5. The number of amides is 1. The fourth-order valence-corrected chi connectivity index (χ4v) is 5.73. The number of carbonyl (C=O) groups is 3. The summed E-state index contributed by atoms with van der Waals surface area (Å²) in [4.78, 5) is 41.6. The van der Waals surface area contributed by atoms with E-state index in [1.807, 2.05) is 39.0 Å². The summed E-state index contributed by atoms with van der Waals surface area (Å²) in [5, 5.41) is 11.2. The molecule has 7 heteroatoms. The Morgan fingerprint density at radius 3 is 2.43 bits per heavy atom. The number of likely N-dealkylation sites (tertiary alicyclic amines) is 1. The van der Waals surface area contributed by atoms with E-state index in [9.17, 15) is 19.5 Å². The molecule has 0 bridgehead atoms. The molecule has 2 fully saturated rings. The summed E-state index contributed by atoms with van der Waals surface area (Å²) in [5.41, 5.74) is 1.19. The van der Waals surface area contributed by atoms with Gasteiger partial charge in [0.25, 0.3) is 11.7 Å². The maximum Gasteiger partial charge on any atom is 0.329 e. The SMILES string of the molecule is CCC1CC[C@@H](C)[C@](O)(C(=O)C(=O)N2CCCC[C@H]2C(=O)O[C@@H](C(C)C)[C@H](CC)Cc2ccccc2)O1. The van der Waals surface area contributed by atoms with Crippen molar-refractivity contribution in [1.29, 1.82) is 0 Å². The van der Waals surface area contributed by atoms with E-state index in [1.54, 1.807) is 6.92 Å². The molecule has 1 aromatic rings. The van der Waals surface area contributed by atoms with E-state index in [4.69, 9.17) is 9.47 Å². The fourth-order valence-electron chi connectivity index (χ4n) is 5.73. The first-order valence-electron chi connectivity index (χ1n) is 14.1. The summed E-state index contributed by atoms with van der Waals surface area (Å²) in [6.07, 6.45) is 4.91. The third-order valence-corrected chi connectivity index (χ3v) is 8.19. The zero-order chi connectivity index (χ0) is 27.2. The summed E-state index contributed by atoms with van der Waals surface area (Å²) in [7, 11) is 0. The largest absolute Gasteiger partial charge is 0.460 e. The topological polar surface area (TPSA) is 93.1 Å². The number of nitrogens with zero attached hydrogens (tertiary/aromatic N) is 1. The number of esters is 1. The van der Waals surface area contributed by atoms with Gasteiger partial charge in [-0.2, -0.15) is 0 Å². The van der Waals surface area contributed by atoms with Gasteiger partial charge in [-0.25, -0.2) is 4.79 Å². The van der Waals surface area contributed by atoms with Crippen molar-refractivity contribution in [3.8, 4) is 0 Å². The van der Waals surface area contributed by atoms with E-state index in [0.717, 1.165) is 25.7 Å². The molecule has 1 amide bonds. The maximum atomic E-state index is 13.5. The first kappa shape index (κ1) is 29.3. The molecule has 7 nitrogen and oxygen atoms in total. The number of ether oxygens (including phenoxy) is 2. The van der Waals surface area contributed by atoms with Crippen LogP contribution in [0.5, 0.6) is 0 Å². The molecule has 37 heavy (non-hydrogen) atoms. The highest BCUT2D eigenvalue weighted by molar-refractivity contribution is 6.39. The van der Waals surface area contributed by atoms with E-state index in [2.05, 4.69) is 19.1 Å². The molecule has 0 radical (unpaired) electrons. The lowest BCUT2D eigenvalue weighted by molar-refractivity contribution is -0.263. The molecule has 1 N–H and O–H groups in total. The second-order valence-corrected chi connectivity index (χ2v) is 11.2. The molecule has 2 aliphatic rings. The molecule has 2 aliphatic heterocycles. The molecule has 0 aromatic heterocycles. The number of piperidine rings is 1. The zero-order valence-corrected chi connectivity index (χ0v) is 23.2. The molecule has 0 saturated carbocycles. The average molecular weight is 516 g/mol. The minimum Gasteiger partial charge on any atom is -0.460 e. The Hall–Kier alpha value is -2.25. The van der Waals surface area contributed by atoms with E-state index < -0.39 is 35.4 Å². The van der Waals surface area contributed by atoms with Gasteiger partial charge < -0.3 is 19.5 Å². The van der Waals surface area contributed by atoms with Gasteiger partial charge in [0, 0.05) is 12.5 Å². The van der Waals surface area contributed by atoms with E-state index in [0.29, 0.717) is 25.7 Å². The summed E-state index contributed by atoms with van der Waals surface area (Å²) < 4.78 is 11.9. The fraction of sp³-hybridized carbons (Fsp3) is 0.700. The third-order valence-electron chi connectivity index (χ3n) is 8.19. The first-order valence-corrected chi connectivity index (χ1v) is 14.1. The van der Waals surface area contributed by atoms with Crippen molar-refractivity contribution in [1.82, 2.24) is 4.90 Å². The lowest BCUT2D eigenvalue weighted by Crippen LogP contribution is -2.60. The molecule has 206 valence electrons. The number of benzene rings is 1. The van der Waals surface area contributed by atoms with Crippen LogP contribution < -0.4 is 0 Å². The molecule has 2 heterocycles. The van der Waals surface area contributed by atoms with Crippen LogP contribution in [0.2, 0.25) is 0 Å². The lowest BCUT2D eigenvalue weighted by atomic mass is 9.85. The number of rotatable bonds is 10. The average Bonchev–Trinajstić information content (AvgIpc) is 2.91. The van der Waals surface area contributed by atoms with Gasteiger partial charge in [-0.05, 0) is 68.8 Å². The minimum absolute atomic E-state index is 0.0927. The van der Waals surface area contributed by atoms with Crippen molar-refractivity contribution >= 4 is 17.7 Å². The Kier molecular flexibility index (Phi) is 10.3. The second kappa shape index (κ2) is 13.0. The van der Waals surface area contributed by atoms with Gasteiger partial charge in [0.1, 0.15) is 12.1 Å². The Morgan fingerprint density at radius 1 is 1.11 bits per heavy atom. The number of hydrogen-bond donors (Lipinski definition) is 1. The Bertz CT molecular complexity index is 918. The summed E-state index contributed by atoms with van der Waals surface area (Å²) in [5.74, 6) is -4.75. The van der Waals surface area contributed by atoms with Gasteiger partial charge >= 0.3 is 5.97 Å². The molecule has 3 rings (SSSR count). The summed E-state index contributed by atoms with van der Waals surface area (Å²) in [6, 6.07) is 9.32. The highest BCUT2D eigenvalue weighted by atomic mass is 16.6. The minimum atomic E-state index is -2.16. The van der Waals surface area contributed by atoms with E-state index in [1.165, 1.54) is 10.5 Å². The van der Waals surface area contributed by atoms with Crippen LogP contribution in [-0.4, -0.2) is 58.2 Å². The second-order valence-electron chi connectivity index (χ2n) is 11.2. The van der Waals surface area contributed by atoms with Crippen LogP contribution in [0.15, 0.2) is 30.3 Å². The van der Waals surface area contributed by atoms with Crippen LogP contribution >= 0.6 is 0 Å². The van der Waals surface area contributed by atoms with Crippen molar-refractivity contribution < 1.29 is 29.0 Å². The predicted octanol–water partition coefficient (Wildman–Crippen LogP) is 4.69. The number of ketones is 1. The molecule has 0 aliphatic carbocycles. The van der Waals surface area contributed by atoms with E-state index >= 15 is 0 Å². The van der Waals surface area contributed by atoms with Crippen molar-refractivity contribution in [3.05, 3.63) is 35.9 Å². The van der Waals surface area contributed by atoms with Crippen molar-refractivity contribution in [3.63, 3.8) is 0 Å². The number of aliphatic hydroxyl groups is 1. The third kappa shape index (κ3) is 6.80. The standard InChI is InChI=1S/C30H45NO6/c1-6-23(19-22-13-9-8-10-14-22)26(20(3)4)36-29(34)25-15-11-12-18-31(25)28(33)27(32)30(35)21(5)16-17-24(7-2)37-30/h8-10,13-14,20-21,23-26,35H,6-7,11-12,15-19H2,1-5H3/t21-,23-,24?,25+,26+,30-/m1/s1. The first-order chi connectivity index (χ1) is 17.6. The molecule has 2 saturated heterocycles. The van der Waals surface area contributed by atoms with Gasteiger partial charge in [-0.3, -0.25) is 9.59 Å². The highest BCUT2D eigenvalue weighted by Gasteiger charge is 2.52. The highest BCUT2D eigenvalue weighted by Crippen LogP contribution is 2.35. The van der Waals surface area contributed by atoms with Crippen LogP contribution in [0.1, 0.15) is 85.1 Å². The molecule has 1 aromatic carbocycles. The van der Waals surface area contributed by atoms with Crippen molar-refractivity contribution in [2.45, 2.75) is 110 Å². The number of Topliss-reactive ketones (excluding diaryl/α,β-unsaturated/α-hetero) is 1. The monoisotopic (exact) mass is 515 g/mol. The van der Waals surface area contributed by atoms with Crippen LogP contribution in [0.4, 0.5) is 0 Å². The van der Waals surface area contributed by atoms with Crippen LogP contribution in [0, 0.1) is 17.8 Å². The van der Waals surface area contributed by atoms with Gasteiger partial charge in [0.2, 0.25) is 5.79 Å². The van der Waals surface area contributed by atoms with Gasteiger partial charge in [-0.15, -0.1) is 0 Å². The molecule has 6 atom stereocenters. The quantitative estimate of drug-likeness (QED) is 0.359.